The largest absolute Gasteiger partial charge is 0.375 e. The zero-order chi connectivity index (χ0) is 9.19. The van der Waals surface area contributed by atoms with Gasteiger partial charge in [-0.1, -0.05) is 6.92 Å². The van der Waals surface area contributed by atoms with Crippen molar-refractivity contribution >= 4 is 16.5 Å². The second-order valence-electron chi connectivity index (χ2n) is 2.77. The van der Waals surface area contributed by atoms with Crippen molar-refractivity contribution in [3.05, 3.63) is 11.1 Å². The number of anilines is 1. The van der Waals surface area contributed by atoms with E-state index in [1.807, 2.05) is 19.2 Å². The second kappa shape index (κ2) is 3.38. The molecule has 0 fully saturated rings. The molecule has 5 heteroatoms. The Hall–Kier alpha value is -0.650. The Morgan fingerprint density at radius 3 is 2.75 bits per heavy atom. The Labute approximate surface area is 75.5 Å². The first kappa shape index (κ1) is 9.44. The second-order valence-corrected chi connectivity index (χ2v) is 3.66. The fourth-order valence-corrected chi connectivity index (χ4v) is 1.54. The molecule has 0 amide bonds. The summed E-state index contributed by atoms with van der Waals surface area (Å²) in [7, 11) is 0. The summed E-state index contributed by atoms with van der Waals surface area (Å²) >= 11 is 1.39. The van der Waals surface area contributed by atoms with Crippen LogP contribution in [0.2, 0.25) is 0 Å². The molecule has 4 N–H and O–H groups in total. The van der Waals surface area contributed by atoms with Crippen molar-refractivity contribution in [3.63, 3.8) is 0 Å². The number of aromatic nitrogens is 1. The van der Waals surface area contributed by atoms with Crippen LogP contribution >= 0.6 is 11.3 Å². The van der Waals surface area contributed by atoms with E-state index >= 15 is 0 Å². The average molecular weight is 187 g/mol. The molecule has 4 nitrogen and oxygen atoms in total. The summed E-state index contributed by atoms with van der Waals surface area (Å²) in [5.74, 6) is 5.18. The fraction of sp³-hybridized carbons (Fsp3) is 0.571. The van der Waals surface area contributed by atoms with Gasteiger partial charge in [-0.2, -0.15) is 0 Å². The molecule has 0 spiro atoms. The van der Waals surface area contributed by atoms with Gasteiger partial charge < -0.3 is 5.73 Å². The lowest BCUT2D eigenvalue weighted by Gasteiger charge is -2.22. The molecule has 1 heterocycles. The van der Waals surface area contributed by atoms with Crippen molar-refractivity contribution in [1.82, 2.24) is 4.98 Å². The summed E-state index contributed by atoms with van der Waals surface area (Å²) in [5, 5.41) is 2.41. The van der Waals surface area contributed by atoms with E-state index in [4.69, 9.17) is 16.5 Å². The maximum absolute atomic E-state index is 5.50. The highest BCUT2D eigenvalue weighted by Gasteiger charge is 2.27. The zero-order valence-corrected chi connectivity index (χ0v) is 8.02. The maximum Gasteiger partial charge on any atom is 0.180 e. The van der Waals surface area contributed by atoms with E-state index in [0.29, 0.717) is 5.13 Å². The third-order valence-corrected chi connectivity index (χ3v) is 2.67. The van der Waals surface area contributed by atoms with Gasteiger partial charge in [0.05, 0.1) is 5.69 Å². The Kier molecular flexibility index (Phi) is 2.66. The third kappa shape index (κ3) is 1.57. The van der Waals surface area contributed by atoms with Gasteiger partial charge in [-0.25, -0.2) is 10.9 Å². The summed E-state index contributed by atoms with van der Waals surface area (Å²) in [6.45, 7) is 3.88. The van der Waals surface area contributed by atoms with E-state index in [0.717, 1.165) is 12.1 Å². The lowest BCUT2D eigenvalue weighted by molar-refractivity contribution is -0.0442. The topological polar surface area (TPSA) is 74.2 Å². The fourth-order valence-electron chi connectivity index (χ4n) is 0.855. The van der Waals surface area contributed by atoms with Crippen LogP contribution in [0.25, 0.3) is 0 Å². The summed E-state index contributed by atoms with van der Waals surface area (Å²) in [4.78, 5) is 8.99. The van der Waals surface area contributed by atoms with Gasteiger partial charge in [0, 0.05) is 5.38 Å². The zero-order valence-electron chi connectivity index (χ0n) is 7.20. The Bertz CT molecular complexity index is 257. The van der Waals surface area contributed by atoms with Crippen LogP contribution < -0.4 is 11.6 Å². The standard InChI is InChI=1S/C7H13N3OS/c1-3-7(2,11-9)5-4-12-6(8)10-5/h4H,3,9H2,1-2H3,(H2,8,10). The van der Waals surface area contributed by atoms with Crippen LogP contribution in [-0.2, 0) is 10.4 Å². The Morgan fingerprint density at radius 1 is 1.75 bits per heavy atom. The van der Waals surface area contributed by atoms with Crippen LogP contribution in [0.15, 0.2) is 5.38 Å². The summed E-state index contributed by atoms with van der Waals surface area (Å²) in [5.41, 5.74) is 5.79. The van der Waals surface area contributed by atoms with Crippen molar-refractivity contribution in [2.24, 2.45) is 5.90 Å². The van der Waals surface area contributed by atoms with E-state index in [-0.39, 0.29) is 0 Å². The molecule has 1 aromatic heterocycles. The van der Waals surface area contributed by atoms with Gasteiger partial charge in [0.1, 0.15) is 5.60 Å². The molecular weight excluding hydrogens is 174 g/mol. The van der Waals surface area contributed by atoms with Gasteiger partial charge in [0.15, 0.2) is 5.13 Å². The average Bonchev–Trinajstić information content (AvgIpc) is 2.51. The minimum atomic E-state index is -0.506. The molecule has 0 aliphatic carbocycles. The number of hydrogen-bond donors (Lipinski definition) is 2. The molecule has 0 saturated heterocycles. The lowest BCUT2D eigenvalue weighted by atomic mass is 10.0. The van der Waals surface area contributed by atoms with E-state index in [2.05, 4.69) is 4.98 Å². The van der Waals surface area contributed by atoms with Crippen LogP contribution in [0, 0.1) is 0 Å². The molecule has 0 radical (unpaired) electrons. The smallest absolute Gasteiger partial charge is 0.180 e. The molecular formula is C7H13N3OS. The van der Waals surface area contributed by atoms with Crippen molar-refractivity contribution in [1.29, 1.82) is 0 Å². The van der Waals surface area contributed by atoms with Crippen molar-refractivity contribution in [2.45, 2.75) is 25.9 Å². The number of nitrogens with two attached hydrogens (primary N) is 2. The van der Waals surface area contributed by atoms with E-state index < -0.39 is 5.60 Å². The van der Waals surface area contributed by atoms with E-state index in [9.17, 15) is 0 Å². The molecule has 0 bridgehead atoms. The predicted molar refractivity (Wildman–Crippen MR) is 49.4 cm³/mol. The summed E-state index contributed by atoms with van der Waals surface area (Å²) < 4.78 is 0. The molecule has 12 heavy (non-hydrogen) atoms. The molecule has 1 unspecified atom stereocenters. The van der Waals surface area contributed by atoms with E-state index in [1.165, 1.54) is 11.3 Å². The number of thiazole rings is 1. The van der Waals surface area contributed by atoms with Gasteiger partial charge >= 0.3 is 0 Å². The van der Waals surface area contributed by atoms with Gasteiger partial charge in [0.2, 0.25) is 0 Å². The van der Waals surface area contributed by atoms with Crippen LogP contribution in [0.4, 0.5) is 5.13 Å². The van der Waals surface area contributed by atoms with Gasteiger partial charge in [-0.3, -0.25) is 4.84 Å². The quantitative estimate of drug-likeness (QED) is 0.698. The molecule has 0 aliphatic rings. The van der Waals surface area contributed by atoms with Gasteiger partial charge in [-0.15, -0.1) is 11.3 Å². The minimum absolute atomic E-state index is 0.506. The normalized spacial score (nSPS) is 15.9. The van der Waals surface area contributed by atoms with Gasteiger partial charge in [0.25, 0.3) is 0 Å². The molecule has 0 aromatic carbocycles. The van der Waals surface area contributed by atoms with E-state index in [1.54, 1.807) is 0 Å². The third-order valence-electron chi connectivity index (χ3n) is 2.00. The molecule has 68 valence electrons. The minimum Gasteiger partial charge on any atom is -0.375 e. The first-order valence-corrected chi connectivity index (χ1v) is 4.59. The van der Waals surface area contributed by atoms with Crippen molar-refractivity contribution in [3.8, 4) is 0 Å². The Balaban J connectivity index is 2.94. The maximum atomic E-state index is 5.50. The number of nitrogen functional groups attached to an aromatic ring is 1. The molecule has 1 aromatic rings. The van der Waals surface area contributed by atoms with Crippen LogP contribution in [0.5, 0.6) is 0 Å². The highest BCUT2D eigenvalue weighted by molar-refractivity contribution is 7.13. The van der Waals surface area contributed by atoms with Crippen molar-refractivity contribution in [2.75, 3.05) is 5.73 Å². The highest BCUT2D eigenvalue weighted by atomic mass is 32.1. The lowest BCUT2D eigenvalue weighted by Crippen LogP contribution is -2.28. The Morgan fingerprint density at radius 2 is 2.42 bits per heavy atom. The number of hydrogen-bond acceptors (Lipinski definition) is 5. The van der Waals surface area contributed by atoms with Crippen LogP contribution in [-0.4, -0.2) is 4.98 Å². The predicted octanol–water partition coefficient (Wildman–Crippen LogP) is 1.24. The van der Waals surface area contributed by atoms with Crippen LogP contribution in [0.3, 0.4) is 0 Å². The summed E-state index contributed by atoms with van der Waals surface area (Å²) in [6.07, 6.45) is 0.771. The van der Waals surface area contributed by atoms with Crippen molar-refractivity contribution < 1.29 is 4.84 Å². The monoisotopic (exact) mass is 187 g/mol. The number of rotatable bonds is 3. The molecule has 1 atom stereocenters. The molecule has 1 rings (SSSR count). The molecule has 0 saturated carbocycles. The summed E-state index contributed by atoms with van der Waals surface area (Å²) in [6, 6.07) is 0. The molecule has 0 aliphatic heterocycles. The number of nitrogens with zero attached hydrogens (tertiary/aromatic N) is 1. The first-order valence-electron chi connectivity index (χ1n) is 3.71. The van der Waals surface area contributed by atoms with Gasteiger partial charge in [-0.05, 0) is 13.3 Å². The first-order chi connectivity index (χ1) is 5.62. The highest BCUT2D eigenvalue weighted by Crippen LogP contribution is 2.28. The SMILES string of the molecule is CCC(C)(ON)c1csc(N)n1. The van der Waals surface area contributed by atoms with Crippen LogP contribution in [0.1, 0.15) is 26.0 Å².